The van der Waals surface area contributed by atoms with Crippen LogP contribution in [0.4, 0.5) is 5.69 Å². The normalized spacial score (nSPS) is 10.0. The van der Waals surface area contributed by atoms with Crippen molar-refractivity contribution in [3.05, 3.63) is 33.9 Å². The number of benzene rings is 1. The van der Waals surface area contributed by atoms with E-state index in [1.807, 2.05) is 0 Å². The highest BCUT2D eigenvalue weighted by Crippen LogP contribution is 2.28. The fourth-order valence-corrected chi connectivity index (χ4v) is 1.74. The van der Waals surface area contributed by atoms with E-state index in [4.69, 9.17) is 9.84 Å². The third kappa shape index (κ3) is 4.16. The SMILES string of the molecule is CCOc1ccc(C(=O)N(CC)CC(=O)O)cc1[N+](=O)[O-]. The summed E-state index contributed by atoms with van der Waals surface area (Å²) in [5.74, 6) is -1.66. The highest BCUT2D eigenvalue weighted by Gasteiger charge is 2.22. The minimum Gasteiger partial charge on any atom is -0.487 e. The Kier molecular flexibility index (Phi) is 5.65. The maximum absolute atomic E-state index is 12.2. The fraction of sp³-hybridized carbons (Fsp3) is 0.385. The first-order chi connectivity index (χ1) is 9.90. The van der Waals surface area contributed by atoms with Gasteiger partial charge < -0.3 is 14.7 Å². The summed E-state index contributed by atoms with van der Waals surface area (Å²) in [6, 6.07) is 3.81. The van der Waals surface area contributed by atoms with E-state index in [1.54, 1.807) is 13.8 Å². The molecule has 0 atom stereocenters. The predicted octanol–water partition coefficient (Wildman–Crippen LogP) is 1.54. The predicted molar refractivity (Wildman–Crippen MR) is 73.5 cm³/mol. The molecule has 0 saturated carbocycles. The minimum atomic E-state index is -1.15. The molecule has 8 nitrogen and oxygen atoms in total. The van der Waals surface area contributed by atoms with Crippen molar-refractivity contribution in [1.29, 1.82) is 0 Å². The highest BCUT2D eigenvalue weighted by atomic mass is 16.6. The second-order valence-electron chi connectivity index (χ2n) is 4.09. The van der Waals surface area contributed by atoms with Crippen molar-refractivity contribution in [2.45, 2.75) is 13.8 Å². The monoisotopic (exact) mass is 296 g/mol. The molecule has 8 heteroatoms. The number of rotatable bonds is 7. The van der Waals surface area contributed by atoms with E-state index < -0.39 is 23.3 Å². The maximum atomic E-state index is 12.2. The molecule has 21 heavy (non-hydrogen) atoms. The molecule has 0 aliphatic rings. The molecule has 0 bridgehead atoms. The Bertz CT molecular complexity index is 558. The van der Waals surface area contributed by atoms with Crippen molar-refractivity contribution < 1.29 is 24.4 Å². The van der Waals surface area contributed by atoms with Crippen LogP contribution in [0.5, 0.6) is 5.75 Å². The molecule has 0 saturated heterocycles. The van der Waals surface area contributed by atoms with Crippen molar-refractivity contribution >= 4 is 17.6 Å². The van der Waals surface area contributed by atoms with Crippen LogP contribution in [0.3, 0.4) is 0 Å². The molecule has 1 aromatic carbocycles. The number of nitro groups is 1. The van der Waals surface area contributed by atoms with Gasteiger partial charge in [-0.25, -0.2) is 0 Å². The lowest BCUT2D eigenvalue weighted by molar-refractivity contribution is -0.385. The Balaban J connectivity index is 3.12. The summed E-state index contributed by atoms with van der Waals surface area (Å²) in [4.78, 5) is 34.3. The molecule has 1 N–H and O–H groups in total. The van der Waals surface area contributed by atoms with E-state index in [1.165, 1.54) is 12.1 Å². The zero-order valence-corrected chi connectivity index (χ0v) is 11.7. The average Bonchev–Trinajstić information content (AvgIpc) is 2.44. The van der Waals surface area contributed by atoms with E-state index >= 15 is 0 Å². The third-order valence-electron chi connectivity index (χ3n) is 2.70. The van der Waals surface area contributed by atoms with Gasteiger partial charge in [0.25, 0.3) is 5.91 Å². The van der Waals surface area contributed by atoms with E-state index in [9.17, 15) is 19.7 Å². The Morgan fingerprint density at radius 1 is 1.38 bits per heavy atom. The minimum absolute atomic E-state index is 0.0493. The van der Waals surface area contributed by atoms with Gasteiger partial charge >= 0.3 is 11.7 Å². The maximum Gasteiger partial charge on any atom is 0.323 e. The fourth-order valence-electron chi connectivity index (χ4n) is 1.74. The van der Waals surface area contributed by atoms with Crippen molar-refractivity contribution in [3.63, 3.8) is 0 Å². The van der Waals surface area contributed by atoms with E-state index in [2.05, 4.69) is 0 Å². The van der Waals surface area contributed by atoms with Crippen LogP contribution in [-0.4, -0.2) is 46.5 Å². The van der Waals surface area contributed by atoms with Gasteiger partial charge in [-0.05, 0) is 26.0 Å². The summed E-state index contributed by atoms with van der Waals surface area (Å²) in [6.45, 7) is 3.30. The summed E-state index contributed by atoms with van der Waals surface area (Å²) in [5, 5.41) is 19.7. The van der Waals surface area contributed by atoms with Gasteiger partial charge in [0.05, 0.1) is 11.5 Å². The average molecular weight is 296 g/mol. The van der Waals surface area contributed by atoms with Crippen LogP contribution in [0.2, 0.25) is 0 Å². The summed E-state index contributed by atoms with van der Waals surface area (Å²) in [7, 11) is 0. The number of nitrogens with zero attached hydrogens (tertiary/aromatic N) is 2. The quantitative estimate of drug-likeness (QED) is 0.603. The van der Waals surface area contributed by atoms with Crippen LogP contribution < -0.4 is 4.74 Å². The van der Waals surface area contributed by atoms with Gasteiger partial charge in [-0.2, -0.15) is 0 Å². The summed E-state index contributed by atoms with van der Waals surface area (Å²) < 4.78 is 5.12. The Morgan fingerprint density at radius 2 is 2.05 bits per heavy atom. The van der Waals surface area contributed by atoms with Crippen LogP contribution in [-0.2, 0) is 4.79 Å². The summed E-state index contributed by atoms with van der Waals surface area (Å²) >= 11 is 0. The van der Waals surface area contributed by atoms with E-state index in [-0.39, 0.29) is 30.2 Å². The number of amides is 1. The topological polar surface area (TPSA) is 110 Å². The zero-order valence-electron chi connectivity index (χ0n) is 11.7. The van der Waals surface area contributed by atoms with Gasteiger partial charge in [0.2, 0.25) is 0 Å². The molecular formula is C13H16N2O6. The number of hydrogen-bond acceptors (Lipinski definition) is 5. The van der Waals surface area contributed by atoms with Crippen LogP contribution in [0, 0.1) is 10.1 Å². The second kappa shape index (κ2) is 7.22. The molecule has 0 fully saturated rings. The van der Waals surface area contributed by atoms with Gasteiger partial charge in [-0.15, -0.1) is 0 Å². The Morgan fingerprint density at radius 3 is 2.52 bits per heavy atom. The number of carbonyl (C=O) groups excluding carboxylic acids is 1. The van der Waals surface area contributed by atoms with E-state index in [0.29, 0.717) is 0 Å². The number of carbonyl (C=O) groups is 2. The Hall–Kier alpha value is -2.64. The molecule has 1 aromatic rings. The molecule has 114 valence electrons. The summed E-state index contributed by atoms with van der Waals surface area (Å²) in [5.41, 5.74) is -0.276. The van der Waals surface area contributed by atoms with Crippen LogP contribution in [0.15, 0.2) is 18.2 Å². The zero-order chi connectivity index (χ0) is 16.0. The lowest BCUT2D eigenvalue weighted by atomic mass is 10.1. The number of aliphatic carboxylic acids is 1. The van der Waals surface area contributed by atoms with Crippen molar-refractivity contribution in [2.75, 3.05) is 19.7 Å². The standard InChI is InChI=1S/C13H16N2O6/c1-3-14(8-12(16)17)13(18)9-5-6-11(21-4-2)10(7-9)15(19)20/h5-7H,3-4,8H2,1-2H3,(H,16,17). The molecule has 0 unspecified atom stereocenters. The molecule has 1 amide bonds. The molecule has 0 aliphatic heterocycles. The van der Waals surface area contributed by atoms with Crippen molar-refractivity contribution in [3.8, 4) is 5.75 Å². The lowest BCUT2D eigenvalue weighted by Gasteiger charge is -2.18. The van der Waals surface area contributed by atoms with Crippen LogP contribution >= 0.6 is 0 Å². The first-order valence-electron chi connectivity index (χ1n) is 6.33. The molecule has 0 aliphatic carbocycles. The number of hydrogen-bond donors (Lipinski definition) is 1. The number of carboxylic acid groups (broad SMARTS) is 1. The molecule has 1 rings (SSSR count). The number of nitro benzene ring substituents is 1. The number of carboxylic acids is 1. The van der Waals surface area contributed by atoms with Gasteiger partial charge in [0.1, 0.15) is 6.54 Å². The lowest BCUT2D eigenvalue weighted by Crippen LogP contribution is -2.35. The van der Waals surface area contributed by atoms with Crippen molar-refractivity contribution in [1.82, 2.24) is 4.90 Å². The third-order valence-corrected chi connectivity index (χ3v) is 2.70. The number of ether oxygens (including phenoxy) is 1. The highest BCUT2D eigenvalue weighted by molar-refractivity contribution is 5.96. The van der Waals surface area contributed by atoms with Gasteiger partial charge in [0.15, 0.2) is 5.75 Å². The Labute approximate surface area is 121 Å². The molecule has 0 spiro atoms. The second-order valence-corrected chi connectivity index (χ2v) is 4.09. The van der Waals surface area contributed by atoms with Gasteiger partial charge in [-0.1, -0.05) is 0 Å². The molecule has 0 heterocycles. The molecular weight excluding hydrogens is 280 g/mol. The largest absolute Gasteiger partial charge is 0.487 e. The smallest absolute Gasteiger partial charge is 0.323 e. The summed E-state index contributed by atoms with van der Waals surface area (Å²) in [6.07, 6.45) is 0. The van der Waals surface area contributed by atoms with Crippen molar-refractivity contribution in [2.24, 2.45) is 0 Å². The van der Waals surface area contributed by atoms with Crippen LogP contribution in [0.1, 0.15) is 24.2 Å². The first kappa shape index (κ1) is 16.4. The van der Waals surface area contributed by atoms with Gasteiger partial charge in [0, 0.05) is 18.2 Å². The van der Waals surface area contributed by atoms with Gasteiger partial charge in [-0.3, -0.25) is 19.7 Å². The van der Waals surface area contributed by atoms with E-state index in [0.717, 1.165) is 11.0 Å². The molecule has 0 aromatic heterocycles. The number of likely N-dealkylation sites (N-methyl/N-ethyl adjacent to an activating group) is 1. The first-order valence-corrected chi connectivity index (χ1v) is 6.33. The van der Waals surface area contributed by atoms with Crippen LogP contribution in [0.25, 0.3) is 0 Å². The molecule has 0 radical (unpaired) electrons.